The lowest BCUT2D eigenvalue weighted by molar-refractivity contribution is -0.105. The van der Waals surface area contributed by atoms with Crippen LogP contribution in [0, 0.1) is 0 Å². The molecule has 1 aromatic heterocycles. The van der Waals surface area contributed by atoms with Crippen molar-refractivity contribution in [1.29, 1.82) is 0 Å². The lowest BCUT2D eigenvalue weighted by Crippen LogP contribution is -2.18. The fraction of sp³-hybridized carbons (Fsp3) is 0.200. The van der Waals surface area contributed by atoms with Gasteiger partial charge in [0.25, 0.3) is 0 Å². The molecule has 0 radical (unpaired) electrons. The Hall–Kier alpha value is -1.55. The van der Waals surface area contributed by atoms with Crippen LogP contribution in [0.3, 0.4) is 0 Å². The van der Waals surface area contributed by atoms with Crippen LogP contribution >= 0.6 is 11.6 Å². The molecule has 1 N–H and O–H groups in total. The average molecular weight is 226 g/mol. The van der Waals surface area contributed by atoms with Gasteiger partial charge in [-0.25, -0.2) is 4.98 Å². The molecule has 0 aliphatic carbocycles. The Labute approximate surface area is 93.6 Å². The van der Waals surface area contributed by atoms with E-state index in [0.717, 1.165) is 5.69 Å². The quantitative estimate of drug-likeness (QED) is 0.473. The number of aromatic nitrogens is 1. The predicted octanol–water partition coefficient (Wildman–Crippen LogP) is 1.93. The van der Waals surface area contributed by atoms with E-state index in [-0.39, 0.29) is 5.15 Å². The Kier molecular flexibility index (Phi) is 4.12. The lowest BCUT2D eigenvalue weighted by atomic mass is 10.3. The van der Waals surface area contributed by atoms with Crippen LogP contribution in [-0.2, 0) is 4.79 Å². The van der Waals surface area contributed by atoms with E-state index in [9.17, 15) is 4.79 Å². The molecular formula is C10H12ClN3O. The van der Waals surface area contributed by atoms with Gasteiger partial charge in [-0.2, -0.15) is 0 Å². The van der Waals surface area contributed by atoms with Crippen LogP contribution in [0.1, 0.15) is 0 Å². The molecule has 1 heterocycles. The second-order valence-corrected chi connectivity index (χ2v) is 3.29. The maximum Gasteiger partial charge on any atom is 0.211 e. The SMILES string of the molecule is C=CCN(C)c1ccnc(Cl)c1NC=O. The molecule has 0 unspecified atom stereocenters. The minimum Gasteiger partial charge on any atom is -0.369 e. The van der Waals surface area contributed by atoms with Crippen molar-refractivity contribution in [2.45, 2.75) is 0 Å². The van der Waals surface area contributed by atoms with Crippen LogP contribution < -0.4 is 10.2 Å². The number of carbonyl (C=O) groups excluding carboxylic acids is 1. The van der Waals surface area contributed by atoms with Crippen molar-refractivity contribution in [2.24, 2.45) is 0 Å². The molecule has 0 fully saturated rings. The predicted molar refractivity (Wildman–Crippen MR) is 62.4 cm³/mol. The third-order valence-corrected chi connectivity index (χ3v) is 2.19. The summed E-state index contributed by atoms with van der Waals surface area (Å²) in [5.74, 6) is 0. The van der Waals surface area contributed by atoms with Crippen molar-refractivity contribution in [3.8, 4) is 0 Å². The number of likely N-dealkylation sites (N-methyl/N-ethyl adjacent to an activating group) is 1. The fourth-order valence-electron chi connectivity index (χ4n) is 1.23. The number of carbonyl (C=O) groups is 1. The van der Waals surface area contributed by atoms with Crippen LogP contribution in [-0.4, -0.2) is 25.0 Å². The first-order valence-electron chi connectivity index (χ1n) is 4.37. The summed E-state index contributed by atoms with van der Waals surface area (Å²) in [4.78, 5) is 16.2. The summed E-state index contributed by atoms with van der Waals surface area (Å²) in [6.45, 7) is 4.30. The Morgan fingerprint density at radius 2 is 2.47 bits per heavy atom. The number of anilines is 2. The van der Waals surface area contributed by atoms with Crippen molar-refractivity contribution in [3.05, 3.63) is 30.1 Å². The molecule has 15 heavy (non-hydrogen) atoms. The summed E-state index contributed by atoms with van der Waals surface area (Å²) >= 11 is 5.87. The number of halogens is 1. The molecule has 0 aromatic carbocycles. The highest BCUT2D eigenvalue weighted by atomic mass is 35.5. The fourth-order valence-corrected chi connectivity index (χ4v) is 1.44. The molecule has 1 rings (SSSR count). The highest BCUT2D eigenvalue weighted by molar-refractivity contribution is 6.33. The number of pyridine rings is 1. The first-order valence-corrected chi connectivity index (χ1v) is 4.75. The van der Waals surface area contributed by atoms with E-state index in [4.69, 9.17) is 11.6 Å². The second-order valence-electron chi connectivity index (χ2n) is 2.93. The summed E-state index contributed by atoms with van der Waals surface area (Å²) < 4.78 is 0. The third kappa shape index (κ3) is 2.70. The summed E-state index contributed by atoms with van der Waals surface area (Å²) in [6, 6.07) is 1.78. The van der Waals surface area contributed by atoms with Crippen molar-refractivity contribution >= 4 is 29.4 Å². The minimum atomic E-state index is 0.274. The van der Waals surface area contributed by atoms with Gasteiger partial charge in [-0.1, -0.05) is 17.7 Å². The van der Waals surface area contributed by atoms with Crippen LogP contribution in [0.4, 0.5) is 11.4 Å². The Morgan fingerprint density at radius 1 is 1.73 bits per heavy atom. The minimum absolute atomic E-state index is 0.274. The molecule has 0 aliphatic rings. The van der Waals surface area contributed by atoms with Gasteiger partial charge in [0.1, 0.15) is 5.69 Å². The molecule has 4 nitrogen and oxygen atoms in total. The summed E-state index contributed by atoms with van der Waals surface area (Å²) in [5.41, 5.74) is 1.32. The third-order valence-electron chi connectivity index (χ3n) is 1.90. The number of nitrogens with zero attached hydrogens (tertiary/aromatic N) is 2. The molecule has 0 aliphatic heterocycles. The highest BCUT2D eigenvalue weighted by Crippen LogP contribution is 2.29. The molecular weight excluding hydrogens is 214 g/mol. The molecule has 80 valence electrons. The molecule has 0 atom stereocenters. The summed E-state index contributed by atoms with van der Waals surface area (Å²) in [7, 11) is 1.88. The summed E-state index contributed by atoms with van der Waals surface area (Å²) in [5, 5.41) is 2.81. The number of nitrogens with one attached hydrogen (secondary N) is 1. The van der Waals surface area contributed by atoms with Crippen LogP contribution in [0.2, 0.25) is 5.15 Å². The maximum absolute atomic E-state index is 10.4. The monoisotopic (exact) mass is 225 g/mol. The van der Waals surface area contributed by atoms with E-state index in [0.29, 0.717) is 18.6 Å². The number of hydrogen-bond donors (Lipinski definition) is 1. The lowest BCUT2D eigenvalue weighted by Gasteiger charge is -2.20. The van der Waals surface area contributed by atoms with E-state index in [2.05, 4.69) is 16.9 Å². The maximum atomic E-state index is 10.4. The molecule has 1 aromatic rings. The van der Waals surface area contributed by atoms with Gasteiger partial charge in [-0.15, -0.1) is 6.58 Å². The Bertz CT molecular complexity index is 368. The number of amides is 1. The first kappa shape index (κ1) is 11.5. The smallest absolute Gasteiger partial charge is 0.211 e. The molecule has 1 amide bonds. The zero-order chi connectivity index (χ0) is 11.3. The van der Waals surface area contributed by atoms with Crippen LogP contribution in [0.25, 0.3) is 0 Å². The zero-order valence-corrected chi connectivity index (χ0v) is 9.16. The van der Waals surface area contributed by atoms with Crippen LogP contribution in [0.15, 0.2) is 24.9 Å². The van der Waals surface area contributed by atoms with Crippen LogP contribution in [0.5, 0.6) is 0 Å². The Morgan fingerprint density at radius 3 is 3.07 bits per heavy atom. The number of rotatable bonds is 5. The van der Waals surface area contributed by atoms with Gasteiger partial charge >= 0.3 is 0 Å². The number of hydrogen-bond acceptors (Lipinski definition) is 3. The van der Waals surface area contributed by atoms with E-state index in [1.807, 2.05) is 11.9 Å². The second kappa shape index (κ2) is 5.36. The van der Waals surface area contributed by atoms with E-state index in [1.54, 1.807) is 18.3 Å². The molecule has 0 spiro atoms. The van der Waals surface area contributed by atoms with Crippen molar-refractivity contribution in [1.82, 2.24) is 4.98 Å². The highest BCUT2D eigenvalue weighted by Gasteiger charge is 2.10. The Balaban J connectivity index is 3.09. The largest absolute Gasteiger partial charge is 0.369 e. The van der Waals surface area contributed by atoms with Crippen molar-refractivity contribution in [2.75, 3.05) is 23.8 Å². The zero-order valence-electron chi connectivity index (χ0n) is 8.40. The van der Waals surface area contributed by atoms with E-state index >= 15 is 0 Å². The van der Waals surface area contributed by atoms with Gasteiger partial charge in [-0.3, -0.25) is 4.79 Å². The standard InChI is InChI=1S/C10H12ClN3O/c1-3-6-14(2)8-4-5-12-10(11)9(8)13-7-15/h3-5,7H,1,6H2,2H3,(H,13,15). The van der Waals surface area contributed by atoms with Crippen molar-refractivity contribution < 1.29 is 4.79 Å². The first-order chi connectivity index (χ1) is 7.20. The molecule has 0 saturated carbocycles. The summed E-state index contributed by atoms with van der Waals surface area (Å²) in [6.07, 6.45) is 3.93. The van der Waals surface area contributed by atoms with Gasteiger partial charge in [0.2, 0.25) is 6.41 Å². The molecule has 0 saturated heterocycles. The molecule has 0 bridgehead atoms. The van der Waals surface area contributed by atoms with Gasteiger partial charge in [0.15, 0.2) is 5.15 Å². The average Bonchev–Trinajstić information content (AvgIpc) is 2.21. The van der Waals surface area contributed by atoms with Gasteiger partial charge < -0.3 is 10.2 Å². The van der Waals surface area contributed by atoms with E-state index in [1.165, 1.54) is 0 Å². The van der Waals surface area contributed by atoms with Gasteiger partial charge in [0, 0.05) is 19.8 Å². The van der Waals surface area contributed by atoms with E-state index < -0.39 is 0 Å². The van der Waals surface area contributed by atoms with Crippen molar-refractivity contribution in [3.63, 3.8) is 0 Å². The normalized spacial score (nSPS) is 9.47. The topological polar surface area (TPSA) is 45.2 Å². The van der Waals surface area contributed by atoms with Gasteiger partial charge in [-0.05, 0) is 6.07 Å². The van der Waals surface area contributed by atoms with Gasteiger partial charge in [0.05, 0.1) is 5.69 Å². The molecule has 5 heteroatoms.